The first-order valence-electron chi connectivity index (χ1n) is 17.1. The van der Waals surface area contributed by atoms with Crippen LogP contribution < -0.4 is 0 Å². The maximum Gasteiger partial charge on any atom is 0.235 e. The largest absolute Gasteiger partial charge is 0.306 e. The Labute approximate surface area is 285 Å². The van der Waals surface area contributed by atoms with Gasteiger partial charge >= 0.3 is 0 Å². The molecule has 12 aromatic rings. The fourth-order valence-electron chi connectivity index (χ4n) is 8.73. The minimum atomic E-state index is 0.673. The van der Waals surface area contributed by atoms with Crippen LogP contribution in [0.4, 0.5) is 0 Å². The van der Waals surface area contributed by atoms with Gasteiger partial charge in [-0.15, -0.1) is 0 Å². The molecule has 0 bridgehead atoms. The van der Waals surface area contributed by atoms with Crippen LogP contribution in [0.1, 0.15) is 0 Å². The molecule has 8 aromatic carbocycles. The van der Waals surface area contributed by atoms with Gasteiger partial charge in [-0.3, -0.25) is 4.57 Å². The van der Waals surface area contributed by atoms with E-state index >= 15 is 0 Å². The Bertz CT molecular complexity index is 3370. The number of nitrogens with zero attached hydrogens (tertiary/aromatic N) is 4. The van der Waals surface area contributed by atoms with Crippen LogP contribution in [0.15, 0.2) is 158 Å². The number of fused-ring (bicyclic) bond motifs is 15. The maximum absolute atomic E-state index is 5.54. The summed E-state index contributed by atoms with van der Waals surface area (Å²) in [5.74, 6) is 0.673. The van der Waals surface area contributed by atoms with Gasteiger partial charge in [0.05, 0.1) is 38.8 Å². The lowest BCUT2D eigenvalue weighted by molar-refractivity contribution is 1.02. The van der Waals surface area contributed by atoms with Gasteiger partial charge in [0.25, 0.3) is 0 Å². The molecule has 0 aliphatic heterocycles. The normalized spacial score (nSPS) is 12.4. The van der Waals surface area contributed by atoms with Crippen molar-refractivity contribution >= 4 is 92.3 Å². The highest BCUT2D eigenvalue weighted by Gasteiger charge is 2.28. The summed E-state index contributed by atoms with van der Waals surface area (Å²) in [6.45, 7) is 0. The Morgan fingerprint density at radius 2 is 1.02 bits per heavy atom. The number of hydrogen-bond acceptors (Lipinski definition) is 2. The second-order valence-corrected chi connectivity index (χ2v) is 13.4. The van der Waals surface area contributed by atoms with Crippen LogP contribution in [0.3, 0.4) is 0 Å². The molecule has 0 aliphatic rings. The average molecular weight is 635 g/mol. The van der Waals surface area contributed by atoms with Crippen LogP contribution in [0.2, 0.25) is 0 Å². The van der Waals surface area contributed by atoms with Crippen molar-refractivity contribution in [1.82, 2.24) is 18.9 Å². The highest BCUT2D eigenvalue weighted by molar-refractivity contribution is 6.34. The Hall–Kier alpha value is -6.78. The lowest BCUT2D eigenvalue weighted by Crippen LogP contribution is -2.04. The van der Waals surface area contributed by atoms with Crippen LogP contribution in [-0.2, 0) is 0 Å². The first-order valence-corrected chi connectivity index (χ1v) is 17.1. The summed E-state index contributed by atoms with van der Waals surface area (Å²) in [5.41, 5.74) is 8.84. The van der Waals surface area contributed by atoms with E-state index in [1.165, 1.54) is 59.6 Å². The zero-order valence-electron chi connectivity index (χ0n) is 26.8. The standard InChI is InChI=1S/C46H26N4/c1-2-14-29(15-3-1)40-35-24-22-27-12-4-8-18-32(27)41(35)48-46(47-40)50-42-33-19-9-5-13-28(33)23-25-36(42)44-45(50)37-26-30-16-6-7-17-31(30)39-34-20-10-11-21-38(34)49(44)43(37)39/h1-26H. The molecule has 0 fully saturated rings. The Balaban J connectivity index is 1.38. The summed E-state index contributed by atoms with van der Waals surface area (Å²) in [4.78, 5) is 11.1. The number of para-hydroxylation sites is 1. The molecule has 4 heterocycles. The molecule has 0 radical (unpaired) electrons. The first kappa shape index (κ1) is 26.2. The van der Waals surface area contributed by atoms with Gasteiger partial charge in [-0.25, -0.2) is 9.97 Å². The van der Waals surface area contributed by atoms with E-state index in [2.05, 4.69) is 167 Å². The van der Waals surface area contributed by atoms with Gasteiger partial charge in [0.2, 0.25) is 5.95 Å². The smallest absolute Gasteiger partial charge is 0.235 e. The van der Waals surface area contributed by atoms with E-state index in [-0.39, 0.29) is 0 Å². The molecule has 4 aromatic heterocycles. The van der Waals surface area contributed by atoms with Crippen molar-refractivity contribution in [3.63, 3.8) is 0 Å². The van der Waals surface area contributed by atoms with Crippen molar-refractivity contribution in [1.29, 1.82) is 0 Å². The van der Waals surface area contributed by atoms with E-state index in [0.29, 0.717) is 5.95 Å². The third-order valence-corrected chi connectivity index (χ3v) is 10.8. The van der Waals surface area contributed by atoms with Gasteiger partial charge < -0.3 is 4.40 Å². The molecule has 0 amide bonds. The molecule has 0 saturated carbocycles. The molecule has 0 N–H and O–H groups in total. The molecule has 0 atom stereocenters. The molecular formula is C46H26N4. The van der Waals surface area contributed by atoms with Crippen molar-refractivity contribution in [2.45, 2.75) is 0 Å². The van der Waals surface area contributed by atoms with Crippen molar-refractivity contribution in [3.8, 4) is 17.2 Å². The van der Waals surface area contributed by atoms with E-state index in [4.69, 9.17) is 9.97 Å². The Morgan fingerprint density at radius 3 is 1.84 bits per heavy atom. The van der Waals surface area contributed by atoms with Crippen LogP contribution >= 0.6 is 0 Å². The number of hydrogen-bond donors (Lipinski definition) is 0. The lowest BCUT2D eigenvalue weighted by atomic mass is 10.0. The van der Waals surface area contributed by atoms with E-state index in [9.17, 15) is 0 Å². The summed E-state index contributed by atoms with van der Waals surface area (Å²) in [7, 11) is 0. The maximum atomic E-state index is 5.54. The quantitative estimate of drug-likeness (QED) is 0.177. The minimum absolute atomic E-state index is 0.673. The predicted octanol–water partition coefficient (Wildman–Crippen LogP) is 11.9. The van der Waals surface area contributed by atoms with Gasteiger partial charge in [-0.05, 0) is 39.7 Å². The predicted molar refractivity (Wildman–Crippen MR) is 209 cm³/mol. The second-order valence-electron chi connectivity index (χ2n) is 13.4. The molecule has 230 valence electrons. The van der Waals surface area contributed by atoms with Gasteiger partial charge in [0.1, 0.15) is 0 Å². The monoisotopic (exact) mass is 634 g/mol. The third kappa shape index (κ3) is 3.25. The van der Waals surface area contributed by atoms with Crippen molar-refractivity contribution in [3.05, 3.63) is 158 Å². The number of aromatic nitrogens is 4. The van der Waals surface area contributed by atoms with E-state index in [1.54, 1.807) is 0 Å². The molecular weight excluding hydrogens is 609 g/mol. The first-order chi connectivity index (χ1) is 24.8. The van der Waals surface area contributed by atoms with Crippen molar-refractivity contribution in [2.75, 3.05) is 0 Å². The fourth-order valence-corrected chi connectivity index (χ4v) is 8.73. The van der Waals surface area contributed by atoms with Crippen molar-refractivity contribution in [2.24, 2.45) is 0 Å². The zero-order chi connectivity index (χ0) is 32.5. The van der Waals surface area contributed by atoms with Crippen LogP contribution in [-0.4, -0.2) is 18.9 Å². The minimum Gasteiger partial charge on any atom is -0.306 e. The molecule has 0 aliphatic carbocycles. The zero-order valence-corrected chi connectivity index (χ0v) is 26.8. The summed E-state index contributed by atoms with van der Waals surface area (Å²) in [6, 6.07) is 56.7. The van der Waals surface area contributed by atoms with Crippen LogP contribution in [0.25, 0.3) is 110 Å². The van der Waals surface area contributed by atoms with Crippen LogP contribution in [0.5, 0.6) is 0 Å². The molecule has 12 rings (SSSR count). The lowest BCUT2D eigenvalue weighted by Gasteiger charge is -2.14. The summed E-state index contributed by atoms with van der Waals surface area (Å²) in [6.07, 6.45) is 0. The number of rotatable bonds is 2. The SMILES string of the molecule is c1ccc(-c2nc(-n3c4c5ccccc5ccc4c4c3c3cc5ccccc5c5c6ccccc6n4c35)nc3c2ccc2ccccc23)cc1. The van der Waals surface area contributed by atoms with Gasteiger partial charge in [-0.1, -0.05) is 140 Å². The topological polar surface area (TPSA) is 35.1 Å². The highest BCUT2D eigenvalue weighted by atomic mass is 15.2. The molecule has 0 saturated heterocycles. The van der Waals surface area contributed by atoms with Crippen LogP contribution in [0, 0.1) is 0 Å². The summed E-state index contributed by atoms with van der Waals surface area (Å²) >= 11 is 0. The van der Waals surface area contributed by atoms with E-state index in [0.717, 1.165) is 44.0 Å². The second kappa shape index (κ2) is 9.43. The number of benzene rings is 8. The summed E-state index contributed by atoms with van der Waals surface area (Å²) in [5, 5.41) is 13.1. The highest BCUT2D eigenvalue weighted by Crippen LogP contribution is 2.48. The van der Waals surface area contributed by atoms with E-state index in [1.807, 2.05) is 0 Å². The Morgan fingerprint density at radius 1 is 0.380 bits per heavy atom. The molecule has 50 heavy (non-hydrogen) atoms. The molecule has 4 heteroatoms. The van der Waals surface area contributed by atoms with E-state index < -0.39 is 0 Å². The average Bonchev–Trinajstić information content (AvgIpc) is 3.82. The van der Waals surface area contributed by atoms with Crippen molar-refractivity contribution < 1.29 is 0 Å². The van der Waals surface area contributed by atoms with Gasteiger partial charge in [0, 0.05) is 43.3 Å². The van der Waals surface area contributed by atoms with Gasteiger partial charge in [0.15, 0.2) is 0 Å². The van der Waals surface area contributed by atoms with Gasteiger partial charge in [-0.2, -0.15) is 0 Å². The third-order valence-electron chi connectivity index (χ3n) is 10.8. The molecule has 0 spiro atoms. The Kier molecular flexibility index (Phi) is 4.94. The molecule has 4 nitrogen and oxygen atoms in total. The fraction of sp³-hybridized carbons (Fsp3) is 0. The summed E-state index contributed by atoms with van der Waals surface area (Å²) < 4.78 is 4.87. The molecule has 0 unspecified atom stereocenters.